The third kappa shape index (κ3) is 8.10. The van der Waals surface area contributed by atoms with E-state index in [0.717, 1.165) is 12.0 Å². The van der Waals surface area contributed by atoms with Crippen molar-refractivity contribution in [2.75, 3.05) is 32.8 Å². The van der Waals surface area contributed by atoms with Gasteiger partial charge in [0.1, 0.15) is 0 Å². The Kier molecular flexibility index (Phi) is 10.8. The molecule has 0 fully saturated rings. The van der Waals surface area contributed by atoms with Gasteiger partial charge in [0.15, 0.2) is 29.6 Å². The lowest BCUT2D eigenvalue weighted by atomic mass is 10.2. The predicted molar refractivity (Wildman–Crippen MR) is 155 cm³/mol. The monoisotopic (exact) mass is 631 g/mol. The van der Waals surface area contributed by atoms with Crippen LogP contribution in [-0.4, -0.2) is 45.5 Å². The molecule has 0 heterocycles. The fourth-order valence-electron chi connectivity index (χ4n) is 3.30. The number of hydrogen-bond donors (Lipinski definition) is 2. The van der Waals surface area contributed by atoms with E-state index in [1.54, 1.807) is 30.3 Å². The molecule has 0 aliphatic heterocycles. The van der Waals surface area contributed by atoms with Crippen molar-refractivity contribution in [1.82, 2.24) is 5.43 Å². The largest absolute Gasteiger partial charge is 0.493 e. The van der Waals surface area contributed by atoms with Gasteiger partial charge in [0.05, 0.1) is 30.6 Å². The average molecular weight is 631 g/mol. The molecule has 0 unspecified atom stereocenters. The van der Waals surface area contributed by atoms with Crippen LogP contribution in [0.15, 0.2) is 59.7 Å². The van der Waals surface area contributed by atoms with Gasteiger partial charge in [-0.1, -0.05) is 24.6 Å². The molecular weight excluding hydrogens is 601 g/mol. The van der Waals surface area contributed by atoms with Crippen LogP contribution in [0.25, 0.3) is 0 Å². The summed E-state index contributed by atoms with van der Waals surface area (Å²) in [6.07, 6.45) is 2.35. The maximum Gasteiger partial charge on any atom is 0.271 e. The highest BCUT2D eigenvalue weighted by Gasteiger charge is 2.14. The van der Waals surface area contributed by atoms with E-state index in [1.165, 1.54) is 20.4 Å². The van der Waals surface area contributed by atoms with Crippen LogP contribution in [-0.2, 0) is 4.79 Å². The number of aryl methyl sites for hydroxylation is 1. The highest BCUT2D eigenvalue weighted by Crippen LogP contribution is 2.33. The van der Waals surface area contributed by atoms with E-state index in [2.05, 4.69) is 38.4 Å². The summed E-state index contributed by atoms with van der Waals surface area (Å²) in [7, 11) is 3.03. The van der Waals surface area contributed by atoms with Crippen LogP contribution in [0.1, 0.15) is 34.8 Å². The van der Waals surface area contributed by atoms with Crippen LogP contribution in [0.2, 0.25) is 0 Å². The molecule has 3 rings (SSSR count). The number of rotatable bonds is 12. The summed E-state index contributed by atoms with van der Waals surface area (Å²) in [5.74, 6) is 1.22. The number of methoxy groups -OCH3 is 2. The van der Waals surface area contributed by atoms with Crippen molar-refractivity contribution in [1.29, 1.82) is 0 Å². The zero-order chi connectivity index (χ0) is 27.5. The molecule has 0 saturated carbocycles. The average Bonchev–Trinajstić information content (AvgIpc) is 2.92. The number of halogens is 1. The second kappa shape index (κ2) is 14.2. The van der Waals surface area contributed by atoms with Crippen molar-refractivity contribution in [3.8, 4) is 23.0 Å². The highest BCUT2D eigenvalue weighted by atomic mass is 127. The standard InChI is InChI=1S/C28H30IN3O6/c1-5-12-37-23-11-8-20(15-24(23)35-3)28(34)32-30-16-19-13-22(29)27(25(14-19)36-4)38-17-26(33)31-21-9-6-18(2)7-10-21/h6-11,13-16H,5,12,17H2,1-4H3,(H,31,33)(H,32,34)/b30-16+. The topological polar surface area (TPSA) is 107 Å². The number of ether oxygens (including phenoxy) is 4. The Balaban J connectivity index is 1.62. The maximum atomic E-state index is 12.6. The molecule has 0 bridgehead atoms. The van der Waals surface area contributed by atoms with Crippen molar-refractivity contribution >= 4 is 46.3 Å². The van der Waals surface area contributed by atoms with Gasteiger partial charge in [-0.2, -0.15) is 5.10 Å². The number of amides is 2. The number of carbonyl (C=O) groups excluding carboxylic acids is 2. The molecule has 0 aliphatic carbocycles. The van der Waals surface area contributed by atoms with Crippen LogP contribution in [0, 0.1) is 10.5 Å². The van der Waals surface area contributed by atoms with Gasteiger partial charge in [0, 0.05) is 11.3 Å². The van der Waals surface area contributed by atoms with Gasteiger partial charge in [0.25, 0.3) is 11.8 Å². The molecule has 3 aromatic rings. The van der Waals surface area contributed by atoms with Crippen LogP contribution in [0.5, 0.6) is 23.0 Å². The first kappa shape index (κ1) is 28.8. The van der Waals surface area contributed by atoms with E-state index in [-0.39, 0.29) is 12.5 Å². The minimum Gasteiger partial charge on any atom is -0.493 e. The smallest absolute Gasteiger partial charge is 0.271 e. The fraction of sp³-hybridized carbons (Fsp3) is 0.250. The van der Waals surface area contributed by atoms with Gasteiger partial charge < -0.3 is 24.3 Å². The molecule has 9 nitrogen and oxygen atoms in total. The first-order chi connectivity index (χ1) is 18.3. The van der Waals surface area contributed by atoms with Gasteiger partial charge in [-0.25, -0.2) is 5.43 Å². The predicted octanol–water partition coefficient (Wildman–Crippen LogP) is 5.19. The highest BCUT2D eigenvalue weighted by molar-refractivity contribution is 14.1. The van der Waals surface area contributed by atoms with Crippen LogP contribution < -0.4 is 29.7 Å². The number of benzene rings is 3. The second-order valence-electron chi connectivity index (χ2n) is 8.15. The number of nitrogens with one attached hydrogen (secondary N) is 2. The molecule has 10 heteroatoms. The van der Waals surface area contributed by atoms with Crippen molar-refractivity contribution in [3.05, 3.63) is 74.9 Å². The zero-order valence-corrected chi connectivity index (χ0v) is 23.8. The third-order valence-corrected chi connectivity index (χ3v) is 6.00. The minimum absolute atomic E-state index is 0.185. The molecule has 2 N–H and O–H groups in total. The first-order valence-electron chi connectivity index (χ1n) is 11.9. The lowest BCUT2D eigenvalue weighted by Gasteiger charge is -2.13. The van der Waals surface area contributed by atoms with Crippen molar-refractivity contribution < 1.29 is 28.5 Å². The van der Waals surface area contributed by atoms with Gasteiger partial charge >= 0.3 is 0 Å². The Morgan fingerprint density at radius 1 is 0.947 bits per heavy atom. The lowest BCUT2D eigenvalue weighted by molar-refractivity contribution is -0.118. The first-order valence-corrected chi connectivity index (χ1v) is 12.9. The van der Waals surface area contributed by atoms with Crippen LogP contribution >= 0.6 is 22.6 Å². The van der Waals surface area contributed by atoms with Gasteiger partial charge in [0.2, 0.25) is 0 Å². The molecule has 2 amide bonds. The molecule has 0 radical (unpaired) electrons. The number of anilines is 1. The van der Waals surface area contributed by atoms with Crippen LogP contribution in [0.4, 0.5) is 5.69 Å². The van der Waals surface area contributed by atoms with Crippen LogP contribution in [0.3, 0.4) is 0 Å². The fourth-order valence-corrected chi connectivity index (χ4v) is 4.08. The number of hydrazone groups is 1. The van der Waals surface area contributed by atoms with Crippen molar-refractivity contribution in [2.45, 2.75) is 20.3 Å². The minimum atomic E-state index is -0.400. The molecule has 3 aromatic carbocycles. The maximum absolute atomic E-state index is 12.6. The molecule has 0 aromatic heterocycles. The van der Waals surface area contributed by atoms with E-state index in [0.29, 0.717) is 50.0 Å². The van der Waals surface area contributed by atoms with E-state index in [9.17, 15) is 9.59 Å². The lowest BCUT2D eigenvalue weighted by Crippen LogP contribution is -2.20. The Hall–Kier alpha value is -3.80. The summed E-state index contributed by atoms with van der Waals surface area (Å²) in [6.45, 7) is 4.36. The summed E-state index contributed by atoms with van der Waals surface area (Å²) in [4.78, 5) is 24.9. The number of carbonyl (C=O) groups is 2. The summed E-state index contributed by atoms with van der Waals surface area (Å²) in [6, 6.07) is 15.9. The van der Waals surface area contributed by atoms with Crippen molar-refractivity contribution in [3.63, 3.8) is 0 Å². The Morgan fingerprint density at radius 3 is 2.37 bits per heavy atom. The second-order valence-corrected chi connectivity index (χ2v) is 9.31. The Labute approximate surface area is 235 Å². The quantitative estimate of drug-likeness (QED) is 0.162. The number of nitrogens with zero attached hydrogens (tertiary/aromatic N) is 1. The van der Waals surface area contributed by atoms with E-state index in [4.69, 9.17) is 18.9 Å². The molecule has 0 spiro atoms. The summed E-state index contributed by atoms with van der Waals surface area (Å²) in [5.41, 5.74) is 5.35. The molecule has 38 heavy (non-hydrogen) atoms. The molecule has 0 aliphatic rings. The van der Waals surface area contributed by atoms with E-state index < -0.39 is 5.91 Å². The summed E-state index contributed by atoms with van der Waals surface area (Å²) in [5, 5.41) is 6.85. The molecule has 200 valence electrons. The third-order valence-electron chi connectivity index (χ3n) is 5.20. The SMILES string of the molecule is CCCOc1ccc(C(=O)N/N=C/c2cc(I)c(OCC(=O)Nc3ccc(C)cc3)c(OC)c2)cc1OC. The van der Waals surface area contributed by atoms with Crippen molar-refractivity contribution in [2.24, 2.45) is 5.10 Å². The molecule has 0 saturated heterocycles. The van der Waals surface area contributed by atoms with Gasteiger partial charge in [-0.15, -0.1) is 0 Å². The number of hydrogen-bond acceptors (Lipinski definition) is 7. The molecule has 0 atom stereocenters. The van der Waals surface area contributed by atoms with E-state index >= 15 is 0 Å². The summed E-state index contributed by atoms with van der Waals surface area (Å²) >= 11 is 2.09. The Morgan fingerprint density at radius 2 is 1.68 bits per heavy atom. The Bertz CT molecular complexity index is 1290. The normalized spacial score (nSPS) is 10.7. The zero-order valence-electron chi connectivity index (χ0n) is 21.7. The van der Waals surface area contributed by atoms with Gasteiger partial charge in [-0.3, -0.25) is 9.59 Å². The van der Waals surface area contributed by atoms with E-state index in [1.807, 2.05) is 38.1 Å². The molecular formula is C28H30IN3O6. The summed E-state index contributed by atoms with van der Waals surface area (Å²) < 4.78 is 22.9. The van der Waals surface area contributed by atoms with Gasteiger partial charge in [-0.05, 0) is 84.0 Å².